The van der Waals surface area contributed by atoms with Crippen molar-refractivity contribution in [2.75, 3.05) is 11.1 Å². The summed E-state index contributed by atoms with van der Waals surface area (Å²) in [5.41, 5.74) is 2.30. The van der Waals surface area contributed by atoms with Gasteiger partial charge in [0.1, 0.15) is 10.5 Å². The molecule has 1 aromatic heterocycles. The monoisotopic (exact) mass is 472 g/mol. The maximum Gasteiger partial charge on any atom is 0.234 e. The predicted molar refractivity (Wildman–Crippen MR) is 127 cm³/mol. The van der Waals surface area contributed by atoms with Crippen LogP contribution in [0.4, 0.5) is 5.69 Å². The summed E-state index contributed by atoms with van der Waals surface area (Å²) in [5.74, 6) is 0.00350. The number of rotatable bonds is 6. The van der Waals surface area contributed by atoms with Crippen LogP contribution in [0.1, 0.15) is 23.0 Å². The van der Waals surface area contributed by atoms with Crippen LogP contribution < -0.4 is 16.0 Å². The first-order chi connectivity index (χ1) is 15.0. The van der Waals surface area contributed by atoms with Gasteiger partial charge in [-0.05, 0) is 31.2 Å². The van der Waals surface area contributed by atoms with Gasteiger partial charge >= 0.3 is 0 Å². The maximum absolute atomic E-state index is 12.3. The van der Waals surface area contributed by atoms with Crippen LogP contribution in [0.15, 0.2) is 54.6 Å². The lowest BCUT2D eigenvalue weighted by Crippen LogP contribution is -2.51. The van der Waals surface area contributed by atoms with E-state index in [0.29, 0.717) is 17.1 Å². The SMILES string of the molecule is Cc1nc(-c2ccccc2)sc1C1CC(=O)NC(SCC(=O)Nc2ccc(Cl)cc2)N1. The van der Waals surface area contributed by atoms with Gasteiger partial charge in [0.15, 0.2) is 0 Å². The summed E-state index contributed by atoms with van der Waals surface area (Å²) in [4.78, 5) is 30.3. The van der Waals surface area contributed by atoms with Gasteiger partial charge in [-0.25, -0.2) is 4.98 Å². The number of anilines is 1. The summed E-state index contributed by atoms with van der Waals surface area (Å²) < 4.78 is 0. The molecule has 3 N–H and O–H groups in total. The van der Waals surface area contributed by atoms with Crippen LogP contribution in [0.3, 0.4) is 0 Å². The van der Waals surface area contributed by atoms with Gasteiger partial charge in [0.25, 0.3) is 0 Å². The number of benzene rings is 2. The van der Waals surface area contributed by atoms with E-state index in [1.54, 1.807) is 35.6 Å². The second kappa shape index (κ2) is 9.82. The molecule has 4 rings (SSSR count). The Balaban J connectivity index is 1.38. The summed E-state index contributed by atoms with van der Waals surface area (Å²) in [6, 6.07) is 16.8. The molecule has 2 atom stereocenters. The molecule has 2 heterocycles. The average molecular weight is 473 g/mol. The molecule has 6 nitrogen and oxygen atoms in total. The minimum Gasteiger partial charge on any atom is -0.332 e. The fourth-order valence-electron chi connectivity index (χ4n) is 3.26. The highest BCUT2D eigenvalue weighted by Crippen LogP contribution is 2.34. The van der Waals surface area contributed by atoms with Crippen molar-refractivity contribution in [1.82, 2.24) is 15.6 Å². The normalized spacial score (nSPS) is 18.5. The zero-order chi connectivity index (χ0) is 21.8. The molecule has 0 bridgehead atoms. The Labute approximate surface area is 193 Å². The van der Waals surface area contributed by atoms with Crippen LogP contribution in [0.25, 0.3) is 10.6 Å². The van der Waals surface area contributed by atoms with Crippen molar-refractivity contribution in [1.29, 1.82) is 0 Å². The Bertz CT molecular complexity index is 1070. The van der Waals surface area contributed by atoms with Gasteiger partial charge in [-0.1, -0.05) is 41.9 Å². The lowest BCUT2D eigenvalue weighted by molar-refractivity contribution is -0.123. The van der Waals surface area contributed by atoms with Crippen molar-refractivity contribution in [2.45, 2.75) is 24.9 Å². The van der Waals surface area contributed by atoms with Gasteiger partial charge in [-0.2, -0.15) is 0 Å². The maximum atomic E-state index is 12.3. The zero-order valence-corrected chi connectivity index (χ0v) is 19.1. The number of thioether (sulfide) groups is 1. The first-order valence-electron chi connectivity index (χ1n) is 9.73. The van der Waals surface area contributed by atoms with Crippen molar-refractivity contribution in [3.63, 3.8) is 0 Å². The number of nitrogens with one attached hydrogen (secondary N) is 3. The first-order valence-corrected chi connectivity index (χ1v) is 12.0. The number of carbonyl (C=O) groups is 2. The van der Waals surface area contributed by atoms with E-state index < -0.39 is 0 Å². The number of nitrogens with zero attached hydrogens (tertiary/aromatic N) is 1. The predicted octanol–water partition coefficient (Wildman–Crippen LogP) is 4.58. The second-order valence-electron chi connectivity index (χ2n) is 7.07. The summed E-state index contributed by atoms with van der Waals surface area (Å²) in [5, 5.41) is 10.7. The third-order valence-electron chi connectivity index (χ3n) is 4.71. The Morgan fingerprint density at radius 3 is 2.71 bits per heavy atom. The number of halogens is 1. The highest BCUT2D eigenvalue weighted by Gasteiger charge is 2.30. The first kappa shape index (κ1) is 21.8. The summed E-state index contributed by atoms with van der Waals surface area (Å²) >= 11 is 8.81. The van der Waals surface area contributed by atoms with E-state index in [1.807, 2.05) is 37.3 Å². The van der Waals surface area contributed by atoms with E-state index in [-0.39, 0.29) is 29.1 Å². The van der Waals surface area contributed by atoms with Crippen LogP contribution in [0, 0.1) is 6.92 Å². The molecule has 0 radical (unpaired) electrons. The lowest BCUT2D eigenvalue weighted by Gasteiger charge is -2.30. The molecule has 9 heteroatoms. The van der Waals surface area contributed by atoms with Gasteiger partial charge in [0, 0.05) is 27.6 Å². The van der Waals surface area contributed by atoms with Crippen LogP contribution in [0.5, 0.6) is 0 Å². The van der Waals surface area contributed by atoms with Crippen LogP contribution >= 0.6 is 34.7 Å². The highest BCUT2D eigenvalue weighted by atomic mass is 35.5. The summed E-state index contributed by atoms with van der Waals surface area (Å²) in [7, 11) is 0. The molecule has 2 aromatic carbocycles. The van der Waals surface area contributed by atoms with Crippen molar-refractivity contribution in [2.24, 2.45) is 0 Å². The third-order valence-corrected chi connectivity index (χ3v) is 7.30. The topological polar surface area (TPSA) is 83.1 Å². The van der Waals surface area contributed by atoms with E-state index in [2.05, 4.69) is 16.0 Å². The molecule has 160 valence electrons. The number of hydrogen-bond acceptors (Lipinski definition) is 6. The molecular formula is C22H21ClN4O2S2. The van der Waals surface area contributed by atoms with Gasteiger partial charge in [-0.15, -0.1) is 23.1 Å². The molecule has 2 unspecified atom stereocenters. The summed E-state index contributed by atoms with van der Waals surface area (Å²) in [6.07, 6.45) is 0.339. The fourth-order valence-corrected chi connectivity index (χ4v) is 5.38. The van der Waals surface area contributed by atoms with Gasteiger partial charge in [-0.3, -0.25) is 14.9 Å². The van der Waals surface area contributed by atoms with Crippen molar-refractivity contribution >= 4 is 52.2 Å². The number of aryl methyl sites for hydroxylation is 1. The van der Waals surface area contributed by atoms with Crippen molar-refractivity contribution in [3.05, 3.63) is 70.2 Å². The second-order valence-corrected chi connectivity index (χ2v) is 9.63. The molecule has 3 aromatic rings. The number of hydrogen-bond donors (Lipinski definition) is 3. The Morgan fingerprint density at radius 2 is 1.97 bits per heavy atom. The lowest BCUT2D eigenvalue weighted by atomic mass is 10.1. The fraction of sp³-hybridized carbons (Fsp3) is 0.227. The zero-order valence-electron chi connectivity index (χ0n) is 16.7. The molecule has 1 aliphatic heterocycles. The van der Waals surface area contributed by atoms with E-state index in [1.165, 1.54) is 11.8 Å². The molecule has 1 saturated heterocycles. The Kier molecular flexibility index (Phi) is 6.92. The average Bonchev–Trinajstić information content (AvgIpc) is 3.16. The van der Waals surface area contributed by atoms with Crippen LogP contribution in [-0.2, 0) is 9.59 Å². The quantitative estimate of drug-likeness (QED) is 0.489. The number of carbonyl (C=O) groups excluding carboxylic acids is 2. The van der Waals surface area contributed by atoms with E-state index in [4.69, 9.17) is 16.6 Å². The molecule has 0 spiro atoms. The molecule has 1 fully saturated rings. The number of thiazole rings is 1. The van der Waals surface area contributed by atoms with E-state index in [0.717, 1.165) is 21.1 Å². The molecule has 31 heavy (non-hydrogen) atoms. The standard InChI is InChI=1S/C22H21ClN4O2S2/c1-13-20(31-21(24-13)14-5-3-2-4-6-14)17-11-18(28)27-22(26-17)30-12-19(29)25-16-9-7-15(23)8-10-16/h2-10,17,22,26H,11-12H2,1H3,(H,25,29)(H,27,28). The van der Waals surface area contributed by atoms with Gasteiger partial charge in [0.2, 0.25) is 11.8 Å². The molecule has 1 aliphatic rings. The van der Waals surface area contributed by atoms with E-state index >= 15 is 0 Å². The van der Waals surface area contributed by atoms with E-state index in [9.17, 15) is 9.59 Å². The molecule has 0 saturated carbocycles. The minimum absolute atomic E-state index is 0.0478. The van der Waals surface area contributed by atoms with Gasteiger partial charge < -0.3 is 10.6 Å². The Hall–Kier alpha value is -2.39. The van der Waals surface area contributed by atoms with Gasteiger partial charge in [0.05, 0.1) is 17.5 Å². The molecule has 2 amide bonds. The smallest absolute Gasteiger partial charge is 0.234 e. The molecule has 0 aliphatic carbocycles. The van der Waals surface area contributed by atoms with Crippen molar-refractivity contribution < 1.29 is 9.59 Å². The van der Waals surface area contributed by atoms with Crippen LogP contribution in [-0.4, -0.2) is 28.0 Å². The van der Waals surface area contributed by atoms with Crippen molar-refractivity contribution in [3.8, 4) is 10.6 Å². The summed E-state index contributed by atoms with van der Waals surface area (Å²) in [6.45, 7) is 1.97. The number of aromatic nitrogens is 1. The largest absolute Gasteiger partial charge is 0.332 e. The minimum atomic E-state index is -0.358. The Morgan fingerprint density at radius 1 is 1.23 bits per heavy atom. The van der Waals surface area contributed by atoms with Crippen LogP contribution in [0.2, 0.25) is 5.02 Å². The highest BCUT2D eigenvalue weighted by molar-refractivity contribution is 8.00. The third kappa shape index (κ3) is 5.65. The molecular weight excluding hydrogens is 452 g/mol. The number of amides is 2.